The van der Waals surface area contributed by atoms with Gasteiger partial charge in [-0.25, -0.2) is 0 Å². The Morgan fingerprint density at radius 1 is 0.952 bits per heavy atom. The molecule has 2 aliphatic rings. The first kappa shape index (κ1) is 17.3. The van der Waals surface area contributed by atoms with Crippen LogP contribution in [0.1, 0.15) is 72.1 Å². The Kier molecular flexibility index (Phi) is 6.55. The number of hydrogen-bond donors (Lipinski definition) is 2. The molecule has 2 aliphatic carbocycles. The summed E-state index contributed by atoms with van der Waals surface area (Å²) in [5.41, 5.74) is 12.4. The first-order valence-corrected chi connectivity index (χ1v) is 9.46. The Morgan fingerprint density at radius 3 is 2.29 bits per heavy atom. The molecule has 0 aromatic heterocycles. The highest BCUT2D eigenvalue weighted by molar-refractivity contribution is 4.87. The van der Waals surface area contributed by atoms with Crippen LogP contribution in [0.3, 0.4) is 0 Å². The average Bonchev–Trinajstić information content (AvgIpc) is 2.47. The SMILES string of the molecule is CC(C)C1CCC(C(C)CC2CCCC(CN)C2)C(N)C1. The molecule has 0 amide bonds. The summed E-state index contributed by atoms with van der Waals surface area (Å²) in [6.45, 7) is 8.07. The van der Waals surface area contributed by atoms with E-state index in [9.17, 15) is 0 Å². The van der Waals surface area contributed by atoms with Crippen molar-refractivity contribution < 1.29 is 0 Å². The molecule has 6 unspecified atom stereocenters. The van der Waals surface area contributed by atoms with Gasteiger partial charge in [0.15, 0.2) is 0 Å². The van der Waals surface area contributed by atoms with Gasteiger partial charge in [0, 0.05) is 6.04 Å². The van der Waals surface area contributed by atoms with Crippen molar-refractivity contribution in [2.24, 2.45) is 47.0 Å². The standard InChI is InChI=1S/C19H38N2/c1-13(2)17-7-8-18(19(21)11-17)14(3)9-15-5-4-6-16(10-15)12-20/h13-19H,4-12,20-21H2,1-3H3. The Hall–Kier alpha value is -0.0800. The van der Waals surface area contributed by atoms with Gasteiger partial charge in [0.2, 0.25) is 0 Å². The minimum absolute atomic E-state index is 0.440. The third-order valence-electron chi connectivity index (χ3n) is 6.60. The summed E-state index contributed by atoms with van der Waals surface area (Å²) >= 11 is 0. The topological polar surface area (TPSA) is 52.0 Å². The first-order valence-electron chi connectivity index (χ1n) is 9.46. The fourth-order valence-corrected chi connectivity index (χ4v) is 5.11. The molecule has 0 spiro atoms. The number of hydrogen-bond acceptors (Lipinski definition) is 2. The lowest BCUT2D eigenvalue weighted by molar-refractivity contribution is 0.128. The van der Waals surface area contributed by atoms with E-state index in [0.717, 1.165) is 42.1 Å². The first-order chi connectivity index (χ1) is 10.0. The van der Waals surface area contributed by atoms with Gasteiger partial charge in [0.25, 0.3) is 0 Å². The minimum atomic E-state index is 0.440. The summed E-state index contributed by atoms with van der Waals surface area (Å²) in [4.78, 5) is 0. The maximum absolute atomic E-state index is 6.55. The zero-order valence-corrected chi connectivity index (χ0v) is 14.6. The largest absolute Gasteiger partial charge is 0.330 e. The van der Waals surface area contributed by atoms with Crippen LogP contribution in [0.25, 0.3) is 0 Å². The highest BCUT2D eigenvalue weighted by Crippen LogP contribution is 2.40. The number of rotatable bonds is 5. The Labute approximate surface area is 132 Å². The van der Waals surface area contributed by atoms with Gasteiger partial charge in [-0.15, -0.1) is 0 Å². The average molecular weight is 295 g/mol. The van der Waals surface area contributed by atoms with Gasteiger partial charge in [-0.1, -0.05) is 33.6 Å². The van der Waals surface area contributed by atoms with E-state index in [2.05, 4.69) is 20.8 Å². The van der Waals surface area contributed by atoms with Crippen molar-refractivity contribution in [3.8, 4) is 0 Å². The van der Waals surface area contributed by atoms with E-state index < -0.39 is 0 Å². The van der Waals surface area contributed by atoms with E-state index in [0.29, 0.717) is 6.04 Å². The summed E-state index contributed by atoms with van der Waals surface area (Å²) in [6, 6.07) is 0.440. The van der Waals surface area contributed by atoms with Crippen molar-refractivity contribution in [3.05, 3.63) is 0 Å². The Bertz CT molecular complexity index is 302. The molecule has 0 radical (unpaired) electrons. The molecule has 124 valence electrons. The highest BCUT2D eigenvalue weighted by atomic mass is 14.7. The molecule has 21 heavy (non-hydrogen) atoms. The van der Waals surface area contributed by atoms with Crippen molar-refractivity contribution in [1.82, 2.24) is 0 Å². The van der Waals surface area contributed by atoms with Crippen LogP contribution in [-0.4, -0.2) is 12.6 Å². The lowest BCUT2D eigenvalue weighted by Gasteiger charge is -2.40. The van der Waals surface area contributed by atoms with Gasteiger partial charge in [-0.05, 0) is 80.6 Å². The second-order valence-corrected chi connectivity index (χ2v) is 8.49. The lowest BCUT2D eigenvalue weighted by atomic mass is 9.67. The summed E-state index contributed by atoms with van der Waals surface area (Å²) < 4.78 is 0. The normalized spacial score (nSPS) is 39.4. The molecule has 0 heterocycles. The van der Waals surface area contributed by atoms with Crippen molar-refractivity contribution in [1.29, 1.82) is 0 Å². The van der Waals surface area contributed by atoms with Gasteiger partial charge >= 0.3 is 0 Å². The van der Waals surface area contributed by atoms with Gasteiger partial charge in [-0.2, -0.15) is 0 Å². The van der Waals surface area contributed by atoms with E-state index in [1.54, 1.807) is 0 Å². The summed E-state index contributed by atoms with van der Waals surface area (Å²) in [5.74, 6) is 4.93. The Balaban J connectivity index is 1.81. The summed E-state index contributed by atoms with van der Waals surface area (Å²) in [6.07, 6.45) is 11.0. The van der Waals surface area contributed by atoms with Crippen LogP contribution in [0, 0.1) is 35.5 Å². The molecule has 4 N–H and O–H groups in total. The van der Waals surface area contributed by atoms with E-state index in [1.165, 1.54) is 51.4 Å². The summed E-state index contributed by atoms with van der Waals surface area (Å²) in [5, 5.41) is 0. The second-order valence-electron chi connectivity index (χ2n) is 8.49. The zero-order chi connectivity index (χ0) is 15.4. The monoisotopic (exact) mass is 294 g/mol. The van der Waals surface area contributed by atoms with Crippen LogP contribution in [0.5, 0.6) is 0 Å². The van der Waals surface area contributed by atoms with Crippen LogP contribution in [-0.2, 0) is 0 Å². The van der Waals surface area contributed by atoms with E-state index in [1.807, 2.05) is 0 Å². The van der Waals surface area contributed by atoms with E-state index >= 15 is 0 Å². The van der Waals surface area contributed by atoms with E-state index in [4.69, 9.17) is 11.5 Å². The minimum Gasteiger partial charge on any atom is -0.330 e. The maximum atomic E-state index is 6.55. The maximum Gasteiger partial charge on any atom is 0.00724 e. The third kappa shape index (κ3) is 4.69. The zero-order valence-electron chi connectivity index (χ0n) is 14.6. The second kappa shape index (κ2) is 7.97. The predicted molar refractivity (Wildman–Crippen MR) is 91.9 cm³/mol. The van der Waals surface area contributed by atoms with Crippen LogP contribution < -0.4 is 11.5 Å². The van der Waals surface area contributed by atoms with Gasteiger partial charge in [0.1, 0.15) is 0 Å². The molecule has 0 aromatic carbocycles. The van der Waals surface area contributed by atoms with Crippen molar-refractivity contribution in [2.75, 3.05) is 6.54 Å². The van der Waals surface area contributed by atoms with Crippen LogP contribution in [0.4, 0.5) is 0 Å². The molecule has 2 heteroatoms. The van der Waals surface area contributed by atoms with Crippen molar-refractivity contribution in [3.63, 3.8) is 0 Å². The third-order valence-corrected chi connectivity index (χ3v) is 6.60. The molecular formula is C19H38N2. The molecule has 2 fully saturated rings. The molecule has 0 aliphatic heterocycles. The highest BCUT2D eigenvalue weighted by Gasteiger charge is 2.34. The van der Waals surface area contributed by atoms with Crippen LogP contribution in [0.2, 0.25) is 0 Å². The van der Waals surface area contributed by atoms with Gasteiger partial charge in [-0.3, -0.25) is 0 Å². The molecule has 6 atom stereocenters. The fourth-order valence-electron chi connectivity index (χ4n) is 5.11. The van der Waals surface area contributed by atoms with Crippen LogP contribution in [0.15, 0.2) is 0 Å². The molecule has 0 aromatic rings. The summed E-state index contributed by atoms with van der Waals surface area (Å²) in [7, 11) is 0. The van der Waals surface area contributed by atoms with Crippen molar-refractivity contribution in [2.45, 2.75) is 78.2 Å². The van der Waals surface area contributed by atoms with Crippen molar-refractivity contribution >= 4 is 0 Å². The molecule has 2 rings (SSSR count). The van der Waals surface area contributed by atoms with Crippen LogP contribution >= 0.6 is 0 Å². The molecule has 0 saturated heterocycles. The molecule has 2 nitrogen and oxygen atoms in total. The van der Waals surface area contributed by atoms with E-state index in [-0.39, 0.29) is 0 Å². The fraction of sp³-hybridized carbons (Fsp3) is 1.00. The molecule has 2 saturated carbocycles. The quantitative estimate of drug-likeness (QED) is 0.799. The van der Waals surface area contributed by atoms with Gasteiger partial charge in [0.05, 0.1) is 0 Å². The van der Waals surface area contributed by atoms with Gasteiger partial charge < -0.3 is 11.5 Å². The molecular weight excluding hydrogens is 256 g/mol. The molecule has 0 bridgehead atoms. The smallest absolute Gasteiger partial charge is 0.00724 e. The number of nitrogens with two attached hydrogens (primary N) is 2. The Morgan fingerprint density at radius 2 is 1.67 bits per heavy atom. The predicted octanol–water partition coefficient (Wildman–Crippen LogP) is 4.18. The lowest BCUT2D eigenvalue weighted by Crippen LogP contribution is -2.41.